The molecule has 4 heteroatoms. The molecule has 0 aliphatic carbocycles. The van der Waals surface area contributed by atoms with Crippen molar-refractivity contribution in [2.24, 2.45) is 0 Å². The molecule has 1 atom stereocenters. The van der Waals surface area contributed by atoms with Gasteiger partial charge in [-0.1, -0.05) is 72.0 Å². The second-order valence-electron chi connectivity index (χ2n) is 5.52. The fourth-order valence-corrected chi connectivity index (χ4v) is 3.07. The third kappa shape index (κ3) is 4.53. The van der Waals surface area contributed by atoms with E-state index in [1.54, 1.807) is 12.1 Å². The number of benzene rings is 3. The molecule has 25 heavy (non-hydrogen) atoms. The maximum absolute atomic E-state index is 10.6. The van der Waals surface area contributed by atoms with Gasteiger partial charge in [-0.3, -0.25) is 0 Å². The van der Waals surface area contributed by atoms with Crippen LogP contribution in [0.15, 0.2) is 60.7 Å². The molecule has 0 aliphatic rings. The first-order chi connectivity index (χ1) is 12.1. The third-order valence-corrected chi connectivity index (χ3v) is 4.65. The molecule has 2 N–H and O–H groups in total. The zero-order valence-corrected chi connectivity index (χ0v) is 17.6. The molecule has 3 aromatic rings. The van der Waals surface area contributed by atoms with E-state index < -0.39 is 0 Å². The van der Waals surface area contributed by atoms with Crippen molar-refractivity contribution in [2.75, 3.05) is 4.93 Å². The van der Waals surface area contributed by atoms with Crippen molar-refractivity contribution in [1.82, 2.24) is 0 Å². The lowest BCUT2D eigenvalue weighted by atomic mass is 9.98. The molecule has 0 spiro atoms. The van der Waals surface area contributed by atoms with Crippen molar-refractivity contribution < 1.29 is 10.2 Å². The normalized spacial score (nSPS) is 10.1. The maximum atomic E-state index is 10.6. The highest BCUT2D eigenvalue weighted by Crippen LogP contribution is 2.33. The van der Waals surface area contributed by atoms with Crippen LogP contribution in [0.25, 0.3) is 22.3 Å². The van der Waals surface area contributed by atoms with Gasteiger partial charge in [0.25, 0.3) is 0 Å². The van der Waals surface area contributed by atoms with Crippen LogP contribution >= 0.6 is 31.8 Å². The highest BCUT2D eigenvalue weighted by atomic mass is 127. The quantitative estimate of drug-likeness (QED) is 0.304. The summed E-state index contributed by atoms with van der Waals surface area (Å²) in [5, 5.41) is 20.8. The molecule has 1 unspecified atom stereocenters. The molecule has 130 valence electrons. The predicted molar refractivity (Wildman–Crippen MR) is 119 cm³/mol. The summed E-state index contributed by atoms with van der Waals surface area (Å²) in [5.74, 6) is 0.501. The van der Waals surface area contributed by atoms with Gasteiger partial charge >= 0.3 is 0 Å². The van der Waals surface area contributed by atoms with Crippen molar-refractivity contribution in [1.29, 1.82) is 0 Å². The highest BCUT2D eigenvalue weighted by Gasteiger charge is 2.12. The fraction of sp³-hybridized carbons (Fsp3) is 0.143. The van der Waals surface area contributed by atoms with Crippen LogP contribution < -0.4 is 5.30 Å². The topological polar surface area (TPSA) is 40.5 Å². The summed E-state index contributed by atoms with van der Waals surface area (Å²) in [4.78, 5) is 1.97. The molecular formula is C21H22IO2P. The van der Waals surface area contributed by atoms with Gasteiger partial charge < -0.3 is 10.2 Å². The van der Waals surface area contributed by atoms with Crippen molar-refractivity contribution in [3.8, 4) is 33.8 Å². The SMILES string of the molecule is CCc1ccc(-c2ccc(-c3ccc(O)cc3)c(P)c2O)cc1.CI. The smallest absolute Gasteiger partial charge is 0.131 e. The van der Waals surface area contributed by atoms with E-state index in [1.165, 1.54) is 5.56 Å². The number of phenols is 2. The van der Waals surface area contributed by atoms with Gasteiger partial charge in [-0.25, -0.2) is 0 Å². The van der Waals surface area contributed by atoms with Crippen LogP contribution in [0.2, 0.25) is 0 Å². The number of rotatable bonds is 3. The van der Waals surface area contributed by atoms with Gasteiger partial charge in [0.05, 0.1) is 0 Å². The Hall–Kier alpha value is -1.58. The monoisotopic (exact) mass is 464 g/mol. The van der Waals surface area contributed by atoms with Crippen LogP contribution in [0.5, 0.6) is 11.5 Å². The number of halogens is 1. The van der Waals surface area contributed by atoms with Crippen molar-refractivity contribution in [3.05, 3.63) is 66.2 Å². The maximum Gasteiger partial charge on any atom is 0.131 e. The van der Waals surface area contributed by atoms with Gasteiger partial charge in [0.2, 0.25) is 0 Å². The van der Waals surface area contributed by atoms with E-state index in [-0.39, 0.29) is 11.5 Å². The molecule has 0 amide bonds. The van der Waals surface area contributed by atoms with Crippen LogP contribution in [0, 0.1) is 0 Å². The first-order valence-electron chi connectivity index (χ1n) is 7.98. The van der Waals surface area contributed by atoms with Crippen LogP contribution in [-0.4, -0.2) is 15.1 Å². The second kappa shape index (κ2) is 9.21. The summed E-state index contributed by atoms with van der Waals surface area (Å²) in [6.45, 7) is 2.12. The number of aryl methyl sites for hydroxylation is 1. The van der Waals surface area contributed by atoms with E-state index in [0.29, 0.717) is 0 Å². The van der Waals surface area contributed by atoms with E-state index in [9.17, 15) is 10.2 Å². The van der Waals surface area contributed by atoms with Gasteiger partial charge in [0, 0.05) is 10.9 Å². The Morgan fingerprint density at radius 1 is 0.760 bits per heavy atom. The summed E-state index contributed by atoms with van der Waals surface area (Å²) in [6.07, 6.45) is 1.00. The second-order valence-corrected chi connectivity index (χ2v) is 6.10. The summed E-state index contributed by atoms with van der Waals surface area (Å²) >= 11 is 2.15. The highest BCUT2D eigenvalue weighted by molar-refractivity contribution is 14.1. The molecular weight excluding hydrogens is 442 g/mol. The number of aromatic hydroxyl groups is 2. The van der Waals surface area contributed by atoms with Gasteiger partial charge in [0.15, 0.2) is 0 Å². The minimum atomic E-state index is 0.232. The van der Waals surface area contributed by atoms with Crippen LogP contribution in [0.3, 0.4) is 0 Å². The molecule has 0 aromatic heterocycles. The van der Waals surface area contributed by atoms with E-state index in [1.807, 2.05) is 41.3 Å². The Kier molecular flexibility index (Phi) is 7.27. The molecule has 2 nitrogen and oxygen atoms in total. The third-order valence-electron chi connectivity index (χ3n) is 4.07. The number of hydrogen-bond donors (Lipinski definition) is 2. The predicted octanol–water partition coefficient (Wildman–Crippen LogP) is 5.55. The summed E-state index contributed by atoms with van der Waals surface area (Å²) in [6, 6.07) is 19.2. The fourth-order valence-electron chi connectivity index (χ4n) is 2.65. The molecule has 0 bridgehead atoms. The van der Waals surface area contributed by atoms with Gasteiger partial charge in [-0.2, -0.15) is 0 Å². The average molecular weight is 464 g/mol. The van der Waals surface area contributed by atoms with E-state index >= 15 is 0 Å². The van der Waals surface area contributed by atoms with Crippen LogP contribution in [0.1, 0.15) is 12.5 Å². The first kappa shape index (κ1) is 19.7. The molecule has 0 saturated heterocycles. The van der Waals surface area contributed by atoms with E-state index in [0.717, 1.165) is 34.0 Å². The Balaban J connectivity index is 0.00000109. The molecule has 0 saturated carbocycles. The summed E-state index contributed by atoms with van der Waals surface area (Å²) in [7, 11) is 2.62. The molecule has 0 heterocycles. The Labute approximate surface area is 165 Å². The Morgan fingerprint density at radius 3 is 1.80 bits per heavy atom. The van der Waals surface area contributed by atoms with E-state index in [4.69, 9.17) is 0 Å². The molecule has 3 rings (SSSR count). The van der Waals surface area contributed by atoms with Gasteiger partial charge in [-0.05, 0) is 51.8 Å². The standard InChI is InChI=1S/C20H19O2P.CH3I/c1-2-13-3-5-14(6-4-13)17-11-12-18(20(23)19(17)22)15-7-9-16(21)10-8-15;1-2/h3-12,21-22H,2,23H2,1H3;1H3. The van der Waals surface area contributed by atoms with Crippen molar-refractivity contribution in [2.45, 2.75) is 13.3 Å². The lowest BCUT2D eigenvalue weighted by molar-refractivity contribution is 0.475. The lowest BCUT2D eigenvalue weighted by Gasteiger charge is -2.13. The zero-order chi connectivity index (χ0) is 18.4. The minimum Gasteiger partial charge on any atom is -0.508 e. The summed E-state index contributed by atoms with van der Waals surface area (Å²) in [5.41, 5.74) is 4.98. The number of alkyl halides is 1. The van der Waals surface area contributed by atoms with Crippen molar-refractivity contribution in [3.63, 3.8) is 0 Å². The minimum absolute atomic E-state index is 0.232. The number of phenolic OH excluding ortho intramolecular Hbond substituents is 2. The number of hydrogen-bond acceptors (Lipinski definition) is 2. The Morgan fingerprint density at radius 2 is 1.24 bits per heavy atom. The van der Waals surface area contributed by atoms with E-state index in [2.05, 4.69) is 50.9 Å². The van der Waals surface area contributed by atoms with Crippen molar-refractivity contribution >= 4 is 37.1 Å². The molecule has 0 radical (unpaired) electrons. The summed E-state index contributed by atoms with van der Waals surface area (Å²) < 4.78 is 0. The van der Waals surface area contributed by atoms with Crippen LogP contribution in [0.4, 0.5) is 0 Å². The zero-order valence-electron chi connectivity index (χ0n) is 14.3. The Bertz CT molecular complexity index is 828. The van der Waals surface area contributed by atoms with Gasteiger partial charge in [-0.15, -0.1) is 9.24 Å². The van der Waals surface area contributed by atoms with Crippen LogP contribution in [-0.2, 0) is 6.42 Å². The molecule has 0 fully saturated rings. The molecule has 0 aliphatic heterocycles. The average Bonchev–Trinajstić information content (AvgIpc) is 2.67. The molecule has 3 aromatic carbocycles. The van der Waals surface area contributed by atoms with Gasteiger partial charge in [0.1, 0.15) is 11.5 Å². The largest absolute Gasteiger partial charge is 0.508 e. The first-order valence-corrected chi connectivity index (χ1v) is 10.7. The lowest BCUT2D eigenvalue weighted by Crippen LogP contribution is -1.99.